The molecule has 0 amide bonds. The monoisotopic (exact) mass is 506 g/mol. The van der Waals surface area contributed by atoms with Crippen molar-refractivity contribution in [2.75, 3.05) is 27.2 Å². The van der Waals surface area contributed by atoms with Crippen LogP contribution < -0.4 is 9.88 Å². The van der Waals surface area contributed by atoms with Crippen LogP contribution in [0.1, 0.15) is 5.56 Å². The molecule has 0 radical (unpaired) electrons. The average Bonchev–Trinajstić information content (AvgIpc) is 2.80. The van der Waals surface area contributed by atoms with E-state index >= 15 is 0 Å². The lowest BCUT2D eigenvalue weighted by molar-refractivity contribution is -0.695. The molecule has 7 nitrogen and oxygen atoms in total. The number of nitrogens with one attached hydrogen (secondary N) is 1. The summed E-state index contributed by atoms with van der Waals surface area (Å²) in [5, 5.41) is 12.0. The van der Waals surface area contributed by atoms with Crippen molar-refractivity contribution in [1.82, 2.24) is 9.62 Å². The Morgan fingerprint density at radius 2 is 1.64 bits per heavy atom. The van der Waals surface area contributed by atoms with Crippen molar-refractivity contribution >= 4 is 44.6 Å². The molecule has 0 unspecified atom stereocenters. The molecule has 0 bridgehead atoms. The van der Waals surface area contributed by atoms with Gasteiger partial charge in [-0.1, -0.05) is 41.4 Å². The molecule has 0 aliphatic heterocycles. The highest BCUT2D eigenvalue weighted by atomic mass is 35.5. The van der Waals surface area contributed by atoms with Crippen LogP contribution in [-0.4, -0.2) is 39.9 Å². The second kappa shape index (κ2) is 11.7. The number of aromatic nitrogens is 1. The third-order valence-electron chi connectivity index (χ3n) is 4.88. The summed E-state index contributed by atoms with van der Waals surface area (Å²) in [4.78, 5) is -0.0709. The second-order valence-electron chi connectivity index (χ2n) is 7.50. The topological polar surface area (TPSA) is 78.0 Å². The van der Waals surface area contributed by atoms with Gasteiger partial charge in [0, 0.05) is 26.2 Å². The van der Waals surface area contributed by atoms with Gasteiger partial charge in [-0.25, -0.2) is 17.3 Å². The quantitative estimate of drug-likeness (QED) is 0.244. The molecule has 0 fully saturated rings. The Labute approximate surface area is 204 Å². The lowest BCUT2D eigenvalue weighted by Crippen LogP contribution is -2.38. The smallest absolute Gasteiger partial charge is 0.244 e. The van der Waals surface area contributed by atoms with Crippen molar-refractivity contribution < 1.29 is 13.0 Å². The number of nitrogens with zero attached hydrogens (tertiary/aromatic N) is 4. The molecule has 0 spiro atoms. The second-order valence-corrected chi connectivity index (χ2v) is 10.4. The van der Waals surface area contributed by atoms with Crippen LogP contribution in [0.4, 0.5) is 11.4 Å². The number of azo groups is 1. The minimum atomic E-state index is -3.71. The zero-order valence-electron chi connectivity index (χ0n) is 18.4. The lowest BCUT2D eigenvalue weighted by atomic mass is 10.1. The Hall–Kier alpha value is -2.36. The van der Waals surface area contributed by atoms with E-state index in [-0.39, 0.29) is 14.9 Å². The van der Waals surface area contributed by atoms with Crippen LogP contribution in [-0.2, 0) is 23.0 Å². The Bertz CT molecular complexity index is 1200. The van der Waals surface area contributed by atoms with Crippen molar-refractivity contribution in [3.8, 4) is 0 Å². The van der Waals surface area contributed by atoms with Crippen LogP contribution in [0.5, 0.6) is 0 Å². The maximum absolute atomic E-state index is 12.3. The number of hydrogen-bond acceptors (Lipinski definition) is 5. The van der Waals surface area contributed by atoms with Crippen molar-refractivity contribution in [3.63, 3.8) is 0 Å². The molecule has 1 aromatic heterocycles. The van der Waals surface area contributed by atoms with Gasteiger partial charge in [0.1, 0.15) is 10.6 Å². The van der Waals surface area contributed by atoms with E-state index in [1.807, 2.05) is 42.5 Å². The van der Waals surface area contributed by atoms with E-state index in [0.29, 0.717) is 11.4 Å². The highest BCUT2D eigenvalue weighted by Gasteiger charge is 2.22. The SMILES string of the molecule is CN(C)S(=O)(=O)c1cc(Cl)c(N=Nc2ccc(CCNCC[n+]3ccccc3)cc2)cc1Cl. The fourth-order valence-electron chi connectivity index (χ4n) is 2.98. The summed E-state index contributed by atoms with van der Waals surface area (Å²) in [5.41, 5.74) is 2.14. The zero-order valence-corrected chi connectivity index (χ0v) is 20.8. The summed E-state index contributed by atoms with van der Waals surface area (Å²) < 4.78 is 27.9. The van der Waals surface area contributed by atoms with Crippen molar-refractivity contribution in [1.29, 1.82) is 0 Å². The number of sulfonamides is 1. The molecule has 1 N–H and O–H groups in total. The molecule has 0 saturated carbocycles. The first kappa shape index (κ1) is 25.3. The summed E-state index contributed by atoms with van der Waals surface area (Å²) in [7, 11) is -0.852. The minimum absolute atomic E-state index is 0.0376. The summed E-state index contributed by atoms with van der Waals surface area (Å²) >= 11 is 12.4. The largest absolute Gasteiger partial charge is 0.311 e. The first-order chi connectivity index (χ1) is 15.8. The molecule has 33 heavy (non-hydrogen) atoms. The Kier molecular flexibility index (Phi) is 8.94. The first-order valence-corrected chi connectivity index (χ1v) is 12.5. The molecule has 0 aliphatic carbocycles. The molecule has 10 heteroatoms. The summed E-state index contributed by atoms with van der Waals surface area (Å²) in [5.74, 6) is 0. The predicted octanol–water partition coefficient (Wildman–Crippen LogP) is 4.78. The van der Waals surface area contributed by atoms with Gasteiger partial charge >= 0.3 is 0 Å². The van der Waals surface area contributed by atoms with Crippen molar-refractivity contribution in [2.24, 2.45) is 10.2 Å². The highest BCUT2D eigenvalue weighted by Crippen LogP contribution is 2.35. The van der Waals surface area contributed by atoms with Gasteiger partial charge in [-0.2, -0.15) is 5.11 Å². The van der Waals surface area contributed by atoms with Gasteiger partial charge in [-0.15, -0.1) is 5.11 Å². The van der Waals surface area contributed by atoms with Crippen LogP contribution in [0, 0.1) is 0 Å². The molecular formula is C23H26Cl2N5O2S+. The van der Waals surface area contributed by atoms with Gasteiger partial charge in [0.2, 0.25) is 10.0 Å². The maximum Gasteiger partial charge on any atom is 0.244 e. The molecule has 0 aliphatic rings. The van der Waals surface area contributed by atoms with E-state index in [9.17, 15) is 8.42 Å². The Morgan fingerprint density at radius 1 is 0.939 bits per heavy atom. The van der Waals surface area contributed by atoms with E-state index in [2.05, 4.69) is 32.5 Å². The van der Waals surface area contributed by atoms with Gasteiger partial charge in [0.15, 0.2) is 18.9 Å². The highest BCUT2D eigenvalue weighted by molar-refractivity contribution is 7.89. The number of halogens is 2. The number of rotatable bonds is 10. The standard InChI is InChI=1S/C23H26Cl2N5O2S/c1-29(2)33(31,32)23-17-20(24)22(16-21(23)25)28-27-19-8-6-18(7-9-19)10-11-26-12-15-30-13-4-3-5-14-30/h3-9,13-14,16-17,26H,10-12,15H2,1-2H3/q+1. The molecule has 2 aromatic carbocycles. The van der Waals surface area contributed by atoms with Crippen LogP contribution in [0.2, 0.25) is 10.0 Å². The third-order valence-corrected chi connectivity index (χ3v) is 7.47. The fraction of sp³-hybridized carbons (Fsp3) is 0.261. The Morgan fingerprint density at radius 3 is 2.30 bits per heavy atom. The molecule has 1 heterocycles. The number of hydrogen-bond donors (Lipinski definition) is 1. The molecule has 174 valence electrons. The van der Waals surface area contributed by atoms with Gasteiger partial charge < -0.3 is 5.32 Å². The lowest BCUT2D eigenvalue weighted by Gasteiger charge is -2.13. The molecule has 3 rings (SSSR count). The fourth-order valence-corrected chi connectivity index (χ4v) is 4.66. The summed E-state index contributed by atoms with van der Waals surface area (Å²) in [6.45, 7) is 2.71. The van der Waals surface area contributed by atoms with Crippen LogP contribution >= 0.6 is 23.2 Å². The van der Waals surface area contributed by atoms with Crippen molar-refractivity contribution in [3.05, 3.63) is 82.6 Å². The Balaban J connectivity index is 1.55. The van der Waals surface area contributed by atoms with E-state index < -0.39 is 10.0 Å². The summed E-state index contributed by atoms with van der Waals surface area (Å²) in [6.07, 6.45) is 5.01. The van der Waals surface area contributed by atoms with Gasteiger partial charge in [-0.05, 0) is 42.8 Å². The van der Waals surface area contributed by atoms with E-state index in [1.54, 1.807) is 0 Å². The summed E-state index contributed by atoms with van der Waals surface area (Å²) in [6, 6.07) is 16.5. The van der Waals surface area contributed by atoms with Crippen LogP contribution in [0.3, 0.4) is 0 Å². The number of benzene rings is 2. The first-order valence-electron chi connectivity index (χ1n) is 10.3. The molecular weight excluding hydrogens is 481 g/mol. The van der Waals surface area contributed by atoms with Gasteiger partial charge in [0.25, 0.3) is 0 Å². The van der Waals surface area contributed by atoms with Crippen molar-refractivity contribution in [2.45, 2.75) is 17.9 Å². The van der Waals surface area contributed by atoms with E-state index in [0.717, 1.165) is 30.4 Å². The van der Waals surface area contributed by atoms with E-state index in [1.165, 1.54) is 31.8 Å². The van der Waals surface area contributed by atoms with Gasteiger partial charge in [-0.3, -0.25) is 0 Å². The van der Waals surface area contributed by atoms with Crippen LogP contribution in [0.15, 0.2) is 82.1 Å². The van der Waals surface area contributed by atoms with E-state index in [4.69, 9.17) is 23.2 Å². The maximum atomic E-state index is 12.3. The molecule has 0 saturated heterocycles. The molecule has 0 atom stereocenters. The van der Waals surface area contributed by atoms with Crippen LogP contribution in [0.25, 0.3) is 0 Å². The van der Waals surface area contributed by atoms with Gasteiger partial charge in [0.05, 0.1) is 22.3 Å². The molecule has 3 aromatic rings. The average molecular weight is 507 g/mol. The number of pyridine rings is 1. The zero-order chi connectivity index (χ0) is 23.8. The minimum Gasteiger partial charge on any atom is -0.311 e. The third kappa shape index (κ3) is 7.06. The normalized spacial score (nSPS) is 12.0. The predicted molar refractivity (Wildman–Crippen MR) is 131 cm³/mol.